The fourth-order valence-corrected chi connectivity index (χ4v) is 6.94. The molecule has 0 unspecified atom stereocenters. The molecule has 2 amide bonds. The minimum atomic E-state index is -3.85. The Morgan fingerprint density at radius 1 is 1.02 bits per heavy atom. The van der Waals surface area contributed by atoms with Crippen LogP contribution in [0.1, 0.15) is 56.5 Å². The quantitative estimate of drug-likeness (QED) is 0.110. The van der Waals surface area contributed by atoms with Gasteiger partial charge in [0.05, 0.1) is 41.9 Å². The van der Waals surface area contributed by atoms with Gasteiger partial charge in [-0.1, -0.05) is 35.3 Å². The number of pyridine rings is 2. The Morgan fingerprint density at radius 3 is 2.38 bits per heavy atom. The van der Waals surface area contributed by atoms with Crippen LogP contribution in [0.3, 0.4) is 0 Å². The number of halogens is 4. The molecule has 0 radical (unpaired) electrons. The Bertz CT molecular complexity index is 2110. The molecular weight excluding hydrogens is 761 g/mol. The molecule has 53 heavy (non-hydrogen) atoms. The van der Waals surface area contributed by atoms with E-state index in [1.165, 1.54) is 55.0 Å². The molecule has 6 rings (SSSR count). The Labute approximate surface area is 312 Å². The molecule has 4 aromatic rings. The summed E-state index contributed by atoms with van der Waals surface area (Å²) in [6.45, 7) is -3.78. The summed E-state index contributed by atoms with van der Waals surface area (Å²) in [6.07, 6.45) is 6.11. The van der Waals surface area contributed by atoms with Crippen LogP contribution in [0.2, 0.25) is 10.0 Å². The van der Waals surface area contributed by atoms with E-state index in [0.717, 1.165) is 23.4 Å². The van der Waals surface area contributed by atoms with E-state index in [2.05, 4.69) is 14.7 Å². The zero-order chi connectivity index (χ0) is 37.2. The second-order valence-corrected chi connectivity index (χ2v) is 14.9. The van der Waals surface area contributed by atoms with Gasteiger partial charge in [0.25, 0.3) is 11.8 Å². The maximum absolute atomic E-state index is 13.6. The first-order chi connectivity index (χ1) is 24.8. The van der Waals surface area contributed by atoms with Crippen molar-refractivity contribution in [1.29, 1.82) is 0 Å². The van der Waals surface area contributed by atoms with Crippen molar-refractivity contribution in [2.45, 2.75) is 38.5 Å². The third-order valence-electron chi connectivity index (χ3n) is 8.35. The molecule has 18 heteroatoms. The minimum absolute atomic E-state index is 0. The van der Waals surface area contributed by atoms with Gasteiger partial charge in [0.1, 0.15) is 22.7 Å². The lowest BCUT2D eigenvalue weighted by molar-refractivity contribution is -0.377. The van der Waals surface area contributed by atoms with Gasteiger partial charge in [0.2, 0.25) is 10.0 Å². The predicted molar refractivity (Wildman–Crippen MR) is 186 cm³/mol. The molecule has 1 saturated carbocycles. The Hall–Kier alpha value is -4.90. The third kappa shape index (κ3) is 9.37. The van der Waals surface area contributed by atoms with E-state index in [1.807, 2.05) is 0 Å². The molecule has 1 atom stereocenters. The highest BCUT2D eigenvalue weighted by Crippen LogP contribution is 2.38. The van der Waals surface area contributed by atoms with E-state index < -0.39 is 47.1 Å². The van der Waals surface area contributed by atoms with Gasteiger partial charge >= 0.3 is 12.6 Å². The highest BCUT2D eigenvalue weighted by Gasteiger charge is 2.38. The fourth-order valence-electron chi connectivity index (χ4n) is 5.55. The number of carbonyl (C=O) groups excluding carboxylic acids is 3. The van der Waals surface area contributed by atoms with Crippen LogP contribution in [0.4, 0.5) is 14.5 Å². The second-order valence-electron chi connectivity index (χ2n) is 12.2. The van der Waals surface area contributed by atoms with E-state index in [0.29, 0.717) is 21.7 Å². The topological polar surface area (TPSA) is 177 Å². The molecule has 2 N–H and O–H groups in total. The Balaban J connectivity index is 0.00000541. The smallest absolute Gasteiger partial charge is 0.387 e. The Morgan fingerprint density at radius 2 is 1.74 bits per heavy atom. The van der Waals surface area contributed by atoms with Crippen LogP contribution < -0.4 is 18.8 Å². The van der Waals surface area contributed by atoms with Crippen LogP contribution in [0.5, 0.6) is 11.5 Å². The van der Waals surface area contributed by atoms with Crippen molar-refractivity contribution in [2.24, 2.45) is 5.92 Å². The minimum Gasteiger partial charge on any atom is -0.870 e. The molecule has 3 heterocycles. The molecule has 1 fully saturated rings. The molecule has 280 valence electrons. The molecule has 0 bridgehead atoms. The fraction of sp³-hybridized carbons (Fsp3) is 0.286. The summed E-state index contributed by atoms with van der Waals surface area (Å²) in [4.78, 5) is 48.1. The van der Waals surface area contributed by atoms with E-state index in [1.54, 1.807) is 18.2 Å². The number of anilines is 1. The Kier molecular flexibility index (Phi) is 12.2. The lowest BCUT2D eigenvalue weighted by atomic mass is 10.0. The molecule has 13 nitrogen and oxygen atoms in total. The summed E-state index contributed by atoms with van der Waals surface area (Å²) in [6, 6.07) is 13.1. The predicted octanol–water partition coefficient (Wildman–Crippen LogP) is 5.51. The molecule has 0 spiro atoms. The molecule has 2 aromatic carbocycles. The first-order valence-corrected chi connectivity index (χ1v) is 18.5. The van der Waals surface area contributed by atoms with Crippen LogP contribution in [0.25, 0.3) is 0 Å². The number of esters is 1. The number of ether oxygens (including phenoxy) is 3. The number of nitrogens with zero attached hydrogens (tertiary/aromatic N) is 3. The lowest BCUT2D eigenvalue weighted by Crippen LogP contribution is -2.36. The van der Waals surface area contributed by atoms with E-state index in [9.17, 15) is 31.6 Å². The zero-order valence-electron chi connectivity index (χ0n) is 27.9. The van der Waals surface area contributed by atoms with Crippen LogP contribution in [0.15, 0.2) is 73.2 Å². The van der Waals surface area contributed by atoms with Gasteiger partial charge in [0.15, 0.2) is 23.9 Å². The van der Waals surface area contributed by atoms with Crippen molar-refractivity contribution in [3.63, 3.8) is 0 Å². The van der Waals surface area contributed by atoms with Gasteiger partial charge in [-0.15, -0.1) is 0 Å². The van der Waals surface area contributed by atoms with E-state index >= 15 is 0 Å². The summed E-state index contributed by atoms with van der Waals surface area (Å²) in [7, 11) is -3.85. The number of H-pyrrole nitrogens is 1. The molecule has 1 aliphatic heterocycles. The highest BCUT2D eigenvalue weighted by molar-refractivity contribution is 7.92. The number of sulfonamides is 1. The summed E-state index contributed by atoms with van der Waals surface area (Å²) in [5.74, 6) is -2.54. The van der Waals surface area contributed by atoms with Gasteiger partial charge in [-0.25, -0.2) is 13.4 Å². The van der Waals surface area contributed by atoms with Crippen LogP contribution in [-0.4, -0.2) is 67.6 Å². The van der Waals surface area contributed by atoms with Crippen molar-refractivity contribution in [1.82, 2.24) is 9.88 Å². The molecule has 0 saturated heterocycles. The second kappa shape index (κ2) is 16.4. The number of imide groups is 1. The van der Waals surface area contributed by atoms with Crippen molar-refractivity contribution in [3.8, 4) is 11.5 Å². The molecular formula is C35H32Cl2F2N4O9S. The number of hydrogen-bond acceptors (Lipinski definition) is 10. The third-order valence-corrected chi connectivity index (χ3v) is 10.2. The largest absolute Gasteiger partial charge is 0.870 e. The standard InChI is InChI=1S/C35H30Cl2F2N4O8S.H2O/c1-52(47,48)43(17-22-4-2-3-11-41-22)23-8-9-24-25(13-23)34(46)42(33(24)45)18-32(44)50-30(14-26-27(36)15-40-16-28(26)37)21-7-10-29(51-35(38)39)31(12-21)49-19-20-5-6-20;/h2-4,7-13,15-16,20,30,35H,5-6,14,17-19H2,1H3;1H2/t30-;/m0./s1. The number of nitrogens with one attached hydrogen (secondary N) is 1. The summed E-state index contributed by atoms with van der Waals surface area (Å²) >= 11 is 12.8. The number of aromatic amines is 1. The summed E-state index contributed by atoms with van der Waals surface area (Å²) < 4.78 is 69.3. The van der Waals surface area contributed by atoms with Crippen LogP contribution in [0, 0.1) is 5.92 Å². The number of carbonyl (C=O) groups is 3. The molecule has 2 aromatic heterocycles. The number of fused-ring (bicyclic) bond motifs is 1. The normalized spacial score (nSPS) is 14.4. The van der Waals surface area contributed by atoms with Gasteiger partial charge in [-0.3, -0.25) is 28.6 Å². The van der Waals surface area contributed by atoms with Crippen molar-refractivity contribution >= 4 is 56.7 Å². The molecule has 1 aliphatic carbocycles. The summed E-state index contributed by atoms with van der Waals surface area (Å²) in [5.41, 5.74) is 1.13. The van der Waals surface area contributed by atoms with Crippen molar-refractivity contribution in [2.75, 3.05) is 23.7 Å². The first kappa shape index (κ1) is 39.3. The average molecular weight is 794 g/mol. The number of aromatic nitrogens is 2. The lowest BCUT2D eigenvalue weighted by Gasteiger charge is -2.22. The highest BCUT2D eigenvalue weighted by atomic mass is 35.5. The SMILES string of the molecule is CS(=O)(=O)N(Cc1ccccn1)c1ccc2c(c1)C(=O)N(CC(=O)O[C@@H](Cc1c(Cl)c[nH+]cc1Cl)c1ccc(OC(F)F)c(OCC3CC3)c1)C2=O.[OH-]. The number of alkyl halides is 2. The zero-order valence-corrected chi connectivity index (χ0v) is 30.2. The number of amides is 2. The van der Waals surface area contributed by atoms with Crippen LogP contribution >= 0.6 is 23.2 Å². The van der Waals surface area contributed by atoms with Gasteiger partial charge < -0.3 is 19.7 Å². The number of rotatable bonds is 15. The van der Waals surface area contributed by atoms with Gasteiger partial charge in [-0.2, -0.15) is 8.78 Å². The summed E-state index contributed by atoms with van der Waals surface area (Å²) in [5, 5.41) is 0.442. The van der Waals surface area contributed by atoms with Gasteiger partial charge in [-0.05, 0) is 66.8 Å². The first-order valence-electron chi connectivity index (χ1n) is 15.9. The van der Waals surface area contributed by atoms with E-state index in [4.69, 9.17) is 32.7 Å². The maximum atomic E-state index is 13.6. The van der Waals surface area contributed by atoms with Crippen LogP contribution in [-0.2, 0) is 32.5 Å². The van der Waals surface area contributed by atoms with E-state index in [-0.39, 0.29) is 69.3 Å². The number of hydrogen-bond donors (Lipinski definition) is 0. The number of benzene rings is 2. The van der Waals surface area contributed by atoms with Crippen molar-refractivity contribution < 1.29 is 56.3 Å². The maximum Gasteiger partial charge on any atom is 0.387 e. The average Bonchev–Trinajstić information content (AvgIpc) is 3.90. The van der Waals surface area contributed by atoms with Crippen molar-refractivity contribution in [3.05, 3.63) is 111 Å². The van der Waals surface area contributed by atoms with Gasteiger partial charge in [0, 0.05) is 18.2 Å². The monoisotopic (exact) mass is 792 g/mol. The molecule has 2 aliphatic rings.